The lowest BCUT2D eigenvalue weighted by Crippen LogP contribution is -2.44. The number of benzene rings is 1. The molecule has 1 N–H and O–H groups in total. The van der Waals surface area contributed by atoms with Crippen LogP contribution in [0.25, 0.3) is 0 Å². The highest BCUT2D eigenvalue weighted by molar-refractivity contribution is 5.68. The number of ether oxygens (including phenoxy) is 2. The van der Waals surface area contributed by atoms with Crippen LogP contribution in [0, 0.1) is 5.92 Å². The minimum Gasteiger partial charge on any atom is -0.497 e. The summed E-state index contributed by atoms with van der Waals surface area (Å²) in [7, 11) is 1.67. The molecule has 5 nitrogen and oxygen atoms in total. The highest BCUT2D eigenvalue weighted by atomic mass is 16.6. The van der Waals surface area contributed by atoms with Crippen LogP contribution in [-0.4, -0.2) is 43.3 Å². The van der Waals surface area contributed by atoms with Gasteiger partial charge in [0.05, 0.1) is 7.11 Å². The molecular weight excluding hydrogens is 304 g/mol. The second-order valence-corrected chi connectivity index (χ2v) is 7.41. The van der Waals surface area contributed by atoms with Crippen molar-refractivity contribution in [2.75, 3.05) is 26.7 Å². The maximum atomic E-state index is 12.2. The molecule has 1 aliphatic heterocycles. The normalized spacial score (nSPS) is 18.3. The number of piperidine rings is 1. The summed E-state index contributed by atoms with van der Waals surface area (Å²) in [5.74, 6) is 1.35. The fourth-order valence-electron chi connectivity index (χ4n) is 2.89. The first-order valence-electron chi connectivity index (χ1n) is 8.69. The largest absolute Gasteiger partial charge is 0.497 e. The first-order valence-corrected chi connectivity index (χ1v) is 8.69. The molecule has 5 heteroatoms. The average molecular weight is 334 g/mol. The summed E-state index contributed by atoms with van der Waals surface area (Å²) in [5, 5.41) is 3.50. The van der Waals surface area contributed by atoms with Gasteiger partial charge in [0.15, 0.2) is 0 Å². The molecule has 1 amide bonds. The van der Waals surface area contributed by atoms with Crippen LogP contribution in [0.3, 0.4) is 0 Å². The molecule has 1 fully saturated rings. The van der Waals surface area contributed by atoms with Crippen LogP contribution in [0.15, 0.2) is 24.3 Å². The van der Waals surface area contributed by atoms with Gasteiger partial charge in [0.2, 0.25) is 0 Å². The van der Waals surface area contributed by atoms with Gasteiger partial charge in [-0.15, -0.1) is 0 Å². The molecule has 1 atom stereocenters. The highest BCUT2D eigenvalue weighted by Crippen LogP contribution is 2.19. The van der Waals surface area contributed by atoms with Crippen LogP contribution in [0.5, 0.6) is 5.75 Å². The smallest absolute Gasteiger partial charge is 0.410 e. The minimum atomic E-state index is -0.434. The van der Waals surface area contributed by atoms with Crippen molar-refractivity contribution in [1.82, 2.24) is 10.2 Å². The second-order valence-electron chi connectivity index (χ2n) is 7.41. The van der Waals surface area contributed by atoms with E-state index in [2.05, 4.69) is 17.4 Å². The number of methoxy groups -OCH3 is 1. The highest BCUT2D eigenvalue weighted by Gasteiger charge is 2.27. The Morgan fingerprint density at radius 1 is 1.29 bits per heavy atom. The molecule has 1 unspecified atom stereocenters. The molecule has 1 heterocycles. The lowest BCUT2D eigenvalue weighted by atomic mass is 9.98. The maximum absolute atomic E-state index is 12.2. The molecule has 1 aromatic carbocycles. The van der Waals surface area contributed by atoms with Crippen LogP contribution < -0.4 is 10.1 Å². The van der Waals surface area contributed by atoms with Crippen LogP contribution >= 0.6 is 0 Å². The summed E-state index contributed by atoms with van der Waals surface area (Å²) in [5.41, 5.74) is 0.798. The van der Waals surface area contributed by atoms with Crippen molar-refractivity contribution in [3.05, 3.63) is 29.8 Å². The third-order valence-electron chi connectivity index (χ3n) is 4.09. The molecule has 0 aliphatic carbocycles. The summed E-state index contributed by atoms with van der Waals surface area (Å²) < 4.78 is 10.6. The van der Waals surface area contributed by atoms with E-state index in [1.807, 2.05) is 37.8 Å². The molecule has 0 saturated carbocycles. The van der Waals surface area contributed by atoms with Crippen molar-refractivity contribution in [2.45, 2.75) is 45.8 Å². The van der Waals surface area contributed by atoms with E-state index >= 15 is 0 Å². The Labute approximate surface area is 145 Å². The summed E-state index contributed by atoms with van der Waals surface area (Å²) in [6.45, 7) is 9.01. The molecule has 134 valence electrons. The second kappa shape index (κ2) is 8.38. The summed E-state index contributed by atoms with van der Waals surface area (Å²) in [6.07, 6.45) is 1.99. The first kappa shape index (κ1) is 18.6. The van der Waals surface area contributed by atoms with Gasteiger partial charge in [-0.3, -0.25) is 0 Å². The summed E-state index contributed by atoms with van der Waals surface area (Å²) >= 11 is 0. The van der Waals surface area contributed by atoms with Crippen molar-refractivity contribution in [2.24, 2.45) is 5.92 Å². The van der Waals surface area contributed by atoms with Gasteiger partial charge < -0.3 is 19.7 Å². The fourth-order valence-corrected chi connectivity index (χ4v) is 2.89. The van der Waals surface area contributed by atoms with Gasteiger partial charge in [-0.25, -0.2) is 4.79 Å². The molecule has 1 aromatic rings. The lowest BCUT2D eigenvalue weighted by Gasteiger charge is -2.34. The molecule has 0 bridgehead atoms. The summed E-state index contributed by atoms with van der Waals surface area (Å²) in [4.78, 5) is 14.0. The lowest BCUT2D eigenvalue weighted by molar-refractivity contribution is 0.0166. The van der Waals surface area contributed by atoms with Crippen molar-refractivity contribution in [3.8, 4) is 5.75 Å². The van der Waals surface area contributed by atoms with Crippen LogP contribution in [0.1, 0.15) is 39.2 Å². The zero-order valence-corrected chi connectivity index (χ0v) is 15.3. The predicted molar refractivity (Wildman–Crippen MR) is 95.2 cm³/mol. The van der Waals surface area contributed by atoms with Crippen molar-refractivity contribution in [3.63, 3.8) is 0 Å². The third kappa shape index (κ3) is 6.04. The number of amides is 1. The Kier molecular flexibility index (Phi) is 6.49. The predicted octanol–water partition coefficient (Wildman–Crippen LogP) is 3.43. The zero-order valence-electron chi connectivity index (χ0n) is 15.3. The van der Waals surface area contributed by atoms with E-state index in [-0.39, 0.29) is 6.09 Å². The quantitative estimate of drug-likeness (QED) is 0.896. The number of likely N-dealkylation sites (tertiary alicyclic amines) is 1. The molecule has 0 radical (unpaired) electrons. The van der Waals surface area contributed by atoms with Gasteiger partial charge in [0.25, 0.3) is 0 Å². The number of nitrogens with zero attached hydrogens (tertiary/aromatic N) is 1. The SMILES string of the molecule is COc1ccc(CNCC2CCCN(C(=O)OC(C)(C)C)C2)cc1. The Morgan fingerprint density at radius 3 is 2.62 bits per heavy atom. The van der Waals surface area contributed by atoms with E-state index in [0.29, 0.717) is 5.92 Å². The number of nitrogens with one attached hydrogen (secondary N) is 1. The van der Waals surface area contributed by atoms with Crippen molar-refractivity contribution >= 4 is 6.09 Å². The number of hydrogen-bond acceptors (Lipinski definition) is 4. The Bertz CT molecular complexity index is 522. The number of hydrogen-bond donors (Lipinski definition) is 1. The number of carbonyl (C=O) groups excluding carboxylic acids is 1. The Hall–Kier alpha value is -1.75. The standard InChI is InChI=1S/C19H30N2O3/c1-19(2,3)24-18(22)21-11-5-6-16(14-21)13-20-12-15-7-9-17(23-4)10-8-15/h7-10,16,20H,5-6,11-14H2,1-4H3. The van der Waals surface area contributed by atoms with E-state index in [1.54, 1.807) is 7.11 Å². The average Bonchev–Trinajstić information content (AvgIpc) is 2.54. The Morgan fingerprint density at radius 2 is 2.00 bits per heavy atom. The molecular formula is C19H30N2O3. The summed E-state index contributed by atoms with van der Waals surface area (Å²) in [6, 6.07) is 8.09. The molecule has 0 spiro atoms. The molecule has 1 aliphatic rings. The van der Waals surface area contributed by atoms with Gasteiger partial charge in [-0.05, 0) is 63.8 Å². The maximum Gasteiger partial charge on any atom is 0.410 e. The van der Waals surface area contributed by atoms with Crippen LogP contribution in [0.4, 0.5) is 4.79 Å². The van der Waals surface area contributed by atoms with E-state index in [0.717, 1.165) is 44.8 Å². The Balaban J connectivity index is 1.75. The van der Waals surface area contributed by atoms with Gasteiger partial charge in [0, 0.05) is 19.6 Å². The topological polar surface area (TPSA) is 50.8 Å². The van der Waals surface area contributed by atoms with E-state index in [9.17, 15) is 4.79 Å². The van der Waals surface area contributed by atoms with Crippen molar-refractivity contribution < 1.29 is 14.3 Å². The van der Waals surface area contributed by atoms with E-state index in [1.165, 1.54) is 5.56 Å². The first-order chi connectivity index (χ1) is 11.4. The van der Waals surface area contributed by atoms with E-state index in [4.69, 9.17) is 9.47 Å². The molecule has 0 aromatic heterocycles. The van der Waals surface area contributed by atoms with Crippen molar-refractivity contribution in [1.29, 1.82) is 0 Å². The van der Waals surface area contributed by atoms with Gasteiger partial charge in [-0.2, -0.15) is 0 Å². The fraction of sp³-hybridized carbons (Fsp3) is 0.632. The molecule has 24 heavy (non-hydrogen) atoms. The van der Waals surface area contributed by atoms with Gasteiger partial charge >= 0.3 is 6.09 Å². The van der Waals surface area contributed by atoms with Gasteiger partial charge in [-0.1, -0.05) is 12.1 Å². The number of carbonyl (C=O) groups is 1. The van der Waals surface area contributed by atoms with Crippen LogP contribution in [-0.2, 0) is 11.3 Å². The molecule has 1 saturated heterocycles. The van der Waals surface area contributed by atoms with Gasteiger partial charge in [0.1, 0.15) is 11.4 Å². The van der Waals surface area contributed by atoms with E-state index < -0.39 is 5.60 Å². The van der Waals surface area contributed by atoms with Crippen LogP contribution in [0.2, 0.25) is 0 Å². The molecule has 2 rings (SSSR count). The third-order valence-corrected chi connectivity index (χ3v) is 4.09. The number of rotatable bonds is 5. The minimum absolute atomic E-state index is 0.192. The zero-order chi connectivity index (χ0) is 17.6. The monoisotopic (exact) mass is 334 g/mol.